The molecule has 0 radical (unpaired) electrons. The molecular formula is C13H21N3. The summed E-state index contributed by atoms with van der Waals surface area (Å²) in [4.78, 5) is 6.82. The fourth-order valence-electron chi connectivity index (χ4n) is 2.64. The Hall–Kier alpha value is -0.930. The van der Waals surface area contributed by atoms with Gasteiger partial charge >= 0.3 is 0 Å². The van der Waals surface area contributed by atoms with E-state index < -0.39 is 0 Å². The first-order chi connectivity index (χ1) is 7.79. The summed E-state index contributed by atoms with van der Waals surface area (Å²) < 4.78 is 0. The van der Waals surface area contributed by atoms with Gasteiger partial charge in [-0.25, -0.2) is 0 Å². The highest BCUT2D eigenvalue weighted by Gasteiger charge is 2.27. The van der Waals surface area contributed by atoms with Crippen LogP contribution in [0.1, 0.15) is 24.6 Å². The predicted octanol–water partition coefficient (Wildman–Crippen LogP) is 1.68. The number of nitrogens with zero attached hydrogens (tertiary/aromatic N) is 2. The first-order valence-electron chi connectivity index (χ1n) is 6.07. The maximum Gasteiger partial charge on any atom is 0.0578 e. The largest absolute Gasteiger partial charge is 0.317 e. The van der Waals surface area contributed by atoms with Crippen molar-refractivity contribution in [3.05, 3.63) is 30.1 Å². The highest BCUT2D eigenvalue weighted by molar-refractivity contribution is 5.10. The zero-order valence-electron chi connectivity index (χ0n) is 10.2. The molecule has 88 valence electrons. The van der Waals surface area contributed by atoms with Gasteiger partial charge in [-0.05, 0) is 58.1 Å². The van der Waals surface area contributed by atoms with Gasteiger partial charge in [0, 0.05) is 6.20 Å². The van der Waals surface area contributed by atoms with Crippen LogP contribution in [0.2, 0.25) is 0 Å². The monoisotopic (exact) mass is 219 g/mol. The van der Waals surface area contributed by atoms with Crippen LogP contribution < -0.4 is 5.32 Å². The van der Waals surface area contributed by atoms with Gasteiger partial charge in [0.15, 0.2) is 0 Å². The van der Waals surface area contributed by atoms with E-state index in [2.05, 4.69) is 41.4 Å². The van der Waals surface area contributed by atoms with Crippen LogP contribution in [-0.2, 0) is 0 Å². The molecule has 0 bridgehead atoms. The second kappa shape index (κ2) is 5.41. The Morgan fingerprint density at radius 3 is 2.62 bits per heavy atom. The van der Waals surface area contributed by atoms with Gasteiger partial charge in [0.2, 0.25) is 0 Å². The zero-order valence-corrected chi connectivity index (χ0v) is 10.2. The van der Waals surface area contributed by atoms with E-state index in [1.54, 1.807) is 0 Å². The molecule has 1 fully saturated rings. The van der Waals surface area contributed by atoms with Gasteiger partial charge in [0.05, 0.1) is 11.7 Å². The van der Waals surface area contributed by atoms with Gasteiger partial charge in [-0.2, -0.15) is 0 Å². The van der Waals surface area contributed by atoms with Crippen molar-refractivity contribution in [2.75, 3.05) is 27.2 Å². The molecule has 0 saturated carbocycles. The molecular weight excluding hydrogens is 198 g/mol. The molecule has 1 aliphatic heterocycles. The van der Waals surface area contributed by atoms with Crippen LogP contribution in [0.5, 0.6) is 0 Å². The molecule has 3 nitrogen and oxygen atoms in total. The topological polar surface area (TPSA) is 28.2 Å². The lowest BCUT2D eigenvalue weighted by molar-refractivity contribution is 0.173. The Balaban J connectivity index is 2.16. The van der Waals surface area contributed by atoms with Crippen molar-refractivity contribution < 1.29 is 0 Å². The number of piperidine rings is 1. The molecule has 2 rings (SSSR count). The number of hydrogen-bond donors (Lipinski definition) is 1. The fourth-order valence-corrected chi connectivity index (χ4v) is 2.64. The van der Waals surface area contributed by atoms with E-state index in [0.29, 0.717) is 6.04 Å². The third kappa shape index (κ3) is 2.60. The van der Waals surface area contributed by atoms with Crippen molar-refractivity contribution in [1.29, 1.82) is 0 Å². The van der Waals surface area contributed by atoms with E-state index in [1.165, 1.54) is 18.5 Å². The Kier molecular flexibility index (Phi) is 3.91. The molecule has 1 aliphatic rings. The van der Waals surface area contributed by atoms with Gasteiger partial charge in [-0.3, -0.25) is 4.98 Å². The van der Waals surface area contributed by atoms with Crippen molar-refractivity contribution in [2.24, 2.45) is 5.92 Å². The maximum atomic E-state index is 4.51. The summed E-state index contributed by atoms with van der Waals surface area (Å²) in [6, 6.07) is 6.67. The summed E-state index contributed by atoms with van der Waals surface area (Å²) in [7, 11) is 4.31. The third-order valence-corrected chi connectivity index (χ3v) is 3.38. The number of aromatic nitrogens is 1. The average molecular weight is 219 g/mol. The second-order valence-corrected chi connectivity index (χ2v) is 4.75. The van der Waals surface area contributed by atoms with Crippen LogP contribution in [0, 0.1) is 5.92 Å². The van der Waals surface area contributed by atoms with Crippen molar-refractivity contribution in [3.8, 4) is 0 Å². The van der Waals surface area contributed by atoms with Crippen LogP contribution in [0.3, 0.4) is 0 Å². The summed E-state index contributed by atoms with van der Waals surface area (Å²) in [5.74, 6) is 0.728. The standard InChI is InChI=1S/C13H21N3/c1-16(2)13(11-6-9-14-10-7-11)12-5-3-4-8-15-12/h3-5,8,11,13-14H,6-7,9-10H2,1-2H3. The molecule has 0 aliphatic carbocycles. The molecule has 0 amide bonds. The van der Waals surface area contributed by atoms with Crippen LogP contribution in [-0.4, -0.2) is 37.1 Å². The van der Waals surface area contributed by atoms with Crippen LogP contribution in [0.4, 0.5) is 0 Å². The van der Waals surface area contributed by atoms with Crippen molar-refractivity contribution >= 4 is 0 Å². The van der Waals surface area contributed by atoms with Crippen molar-refractivity contribution in [3.63, 3.8) is 0 Å². The van der Waals surface area contributed by atoms with Gasteiger partial charge in [0.1, 0.15) is 0 Å². The molecule has 0 spiro atoms. The SMILES string of the molecule is CN(C)C(c1ccccn1)C1CCNCC1. The molecule has 1 aromatic heterocycles. The van der Waals surface area contributed by atoms with Gasteiger partial charge in [-0.1, -0.05) is 6.07 Å². The normalized spacial score (nSPS) is 19.9. The molecule has 1 aromatic rings. The van der Waals surface area contributed by atoms with Gasteiger partial charge in [-0.15, -0.1) is 0 Å². The lowest BCUT2D eigenvalue weighted by atomic mass is 9.87. The van der Waals surface area contributed by atoms with E-state index in [0.717, 1.165) is 19.0 Å². The smallest absolute Gasteiger partial charge is 0.0578 e. The molecule has 1 atom stereocenters. The highest BCUT2D eigenvalue weighted by atomic mass is 15.1. The van der Waals surface area contributed by atoms with Crippen molar-refractivity contribution in [2.45, 2.75) is 18.9 Å². The lowest BCUT2D eigenvalue weighted by Crippen LogP contribution is -2.36. The van der Waals surface area contributed by atoms with E-state index in [4.69, 9.17) is 0 Å². The minimum atomic E-state index is 0.461. The summed E-state index contributed by atoms with van der Waals surface area (Å²) in [6.45, 7) is 2.28. The van der Waals surface area contributed by atoms with E-state index in [-0.39, 0.29) is 0 Å². The first kappa shape index (κ1) is 11.6. The Labute approximate surface area is 97.9 Å². The molecule has 1 unspecified atom stereocenters. The maximum absolute atomic E-state index is 4.51. The number of nitrogens with one attached hydrogen (secondary N) is 1. The fraction of sp³-hybridized carbons (Fsp3) is 0.615. The number of pyridine rings is 1. The molecule has 1 N–H and O–H groups in total. The van der Waals surface area contributed by atoms with E-state index >= 15 is 0 Å². The third-order valence-electron chi connectivity index (χ3n) is 3.38. The minimum absolute atomic E-state index is 0.461. The quantitative estimate of drug-likeness (QED) is 0.838. The van der Waals surface area contributed by atoms with Crippen LogP contribution in [0.25, 0.3) is 0 Å². The molecule has 16 heavy (non-hydrogen) atoms. The minimum Gasteiger partial charge on any atom is -0.317 e. The average Bonchev–Trinajstić information content (AvgIpc) is 2.31. The molecule has 3 heteroatoms. The lowest BCUT2D eigenvalue weighted by Gasteiger charge is -2.34. The number of hydrogen-bond acceptors (Lipinski definition) is 3. The van der Waals surface area contributed by atoms with Crippen molar-refractivity contribution in [1.82, 2.24) is 15.2 Å². The summed E-state index contributed by atoms with van der Waals surface area (Å²) in [5, 5.41) is 3.42. The first-order valence-corrected chi connectivity index (χ1v) is 6.07. The Bertz CT molecular complexity index is 304. The highest BCUT2D eigenvalue weighted by Crippen LogP contribution is 2.31. The van der Waals surface area contributed by atoms with Gasteiger partial charge < -0.3 is 10.2 Å². The summed E-state index contributed by atoms with van der Waals surface area (Å²) >= 11 is 0. The predicted molar refractivity (Wildman–Crippen MR) is 66.3 cm³/mol. The van der Waals surface area contributed by atoms with Crippen LogP contribution in [0.15, 0.2) is 24.4 Å². The zero-order chi connectivity index (χ0) is 11.4. The van der Waals surface area contributed by atoms with Gasteiger partial charge in [0.25, 0.3) is 0 Å². The molecule has 2 heterocycles. The number of rotatable bonds is 3. The van der Waals surface area contributed by atoms with E-state index in [9.17, 15) is 0 Å². The molecule has 1 saturated heterocycles. The summed E-state index contributed by atoms with van der Waals surface area (Å²) in [6.07, 6.45) is 4.39. The van der Waals surface area contributed by atoms with E-state index in [1.807, 2.05) is 12.3 Å². The Morgan fingerprint density at radius 2 is 2.06 bits per heavy atom. The summed E-state index contributed by atoms with van der Waals surface area (Å²) in [5.41, 5.74) is 1.21. The molecule has 0 aromatic carbocycles. The second-order valence-electron chi connectivity index (χ2n) is 4.75. The van der Waals surface area contributed by atoms with Crippen LogP contribution >= 0.6 is 0 Å². The Morgan fingerprint density at radius 1 is 1.31 bits per heavy atom.